The number of imidazole rings is 1. The van der Waals surface area contributed by atoms with Crippen molar-refractivity contribution < 1.29 is 4.79 Å². The SMILES string of the molecule is CCn1ccnc1C(=O)C1NCCc2ccccc21. The topological polar surface area (TPSA) is 46.9 Å². The molecule has 1 aliphatic heterocycles. The van der Waals surface area contributed by atoms with Gasteiger partial charge in [0, 0.05) is 25.5 Å². The summed E-state index contributed by atoms with van der Waals surface area (Å²) in [6.45, 7) is 3.61. The van der Waals surface area contributed by atoms with Gasteiger partial charge < -0.3 is 9.88 Å². The molecule has 1 aliphatic rings. The zero-order valence-corrected chi connectivity index (χ0v) is 11.0. The van der Waals surface area contributed by atoms with E-state index in [1.807, 2.05) is 35.9 Å². The molecule has 0 bridgehead atoms. The lowest BCUT2D eigenvalue weighted by molar-refractivity contribution is 0.0925. The second kappa shape index (κ2) is 4.97. The van der Waals surface area contributed by atoms with E-state index in [1.165, 1.54) is 5.56 Å². The molecule has 1 unspecified atom stereocenters. The number of aromatic nitrogens is 2. The predicted octanol–water partition coefficient (Wildman–Crippen LogP) is 1.97. The van der Waals surface area contributed by atoms with Gasteiger partial charge in [-0.2, -0.15) is 0 Å². The van der Waals surface area contributed by atoms with Crippen LogP contribution in [0.3, 0.4) is 0 Å². The molecule has 4 heteroatoms. The molecule has 1 aromatic heterocycles. The van der Waals surface area contributed by atoms with E-state index in [0.717, 1.165) is 25.1 Å². The molecule has 0 aliphatic carbocycles. The molecule has 4 nitrogen and oxygen atoms in total. The van der Waals surface area contributed by atoms with E-state index in [9.17, 15) is 4.79 Å². The third kappa shape index (κ3) is 2.08. The monoisotopic (exact) mass is 255 g/mol. The fourth-order valence-corrected chi connectivity index (χ4v) is 2.66. The van der Waals surface area contributed by atoms with Crippen molar-refractivity contribution in [3.8, 4) is 0 Å². The molecule has 3 rings (SSSR count). The molecule has 1 aromatic carbocycles. The molecule has 0 spiro atoms. The molecule has 2 aromatic rings. The van der Waals surface area contributed by atoms with Crippen LogP contribution in [0.1, 0.15) is 34.7 Å². The van der Waals surface area contributed by atoms with Gasteiger partial charge in [0.05, 0.1) is 0 Å². The second-order valence-corrected chi connectivity index (χ2v) is 4.74. The predicted molar refractivity (Wildman–Crippen MR) is 73.1 cm³/mol. The number of benzene rings is 1. The largest absolute Gasteiger partial charge is 0.329 e. The Bertz CT molecular complexity index is 603. The van der Waals surface area contributed by atoms with Gasteiger partial charge in [0.2, 0.25) is 5.78 Å². The van der Waals surface area contributed by atoms with Gasteiger partial charge in [-0.05, 0) is 24.5 Å². The Morgan fingerprint density at radius 3 is 3.16 bits per heavy atom. The zero-order valence-electron chi connectivity index (χ0n) is 11.0. The molecule has 0 saturated heterocycles. The van der Waals surface area contributed by atoms with Crippen molar-refractivity contribution in [2.45, 2.75) is 25.9 Å². The average Bonchev–Trinajstić information content (AvgIpc) is 2.94. The summed E-state index contributed by atoms with van der Waals surface area (Å²) in [6, 6.07) is 7.88. The van der Waals surface area contributed by atoms with Gasteiger partial charge in [-0.3, -0.25) is 4.79 Å². The maximum absolute atomic E-state index is 12.7. The van der Waals surface area contributed by atoms with E-state index < -0.39 is 0 Å². The van der Waals surface area contributed by atoms with Gasteiger partial charge in [0.25, 0.3) is 0 Å². The van der Waals surface area contributed by atoms with Crippen LogP contribution in [0.25, 0.3) is 0 Å². The van der Waals surface area contributed by atoms with Crippen LogP contribution in [0.4, 0.5) is 0 Å². The van der Waals surface area contributed by atoms with Crippen LogP contribution in [0, 0.1) is 0 Å². The van der Waals surface area contributed by atoms with Crippen molar-refractivity contribution in [1.29, 1.82) is 0 Å². The quantitative estimate of drug-likeness (QED) is 0.853. The van der Waals surface area contributed by atoms with Gasteiger partial charge in [0.15, 0.2) is 5.82 Å². The molecule has 0 fully saturated rings. The summed E-state index contributed by atoms with van der Waals surface area (Å²) in [6.07, 6.45) is 4.51. The summed E-state index contributed by atoms with van der Waals surface area (Å²) >= 11 is 0. The van der Waals surface area contributed by atoms with Crippen molar-refractivity contribution in [3.63, 3.8) is 0 Å². The third-order valence-electron chi connectivity index (χ3n) is 3.65. The molecule has 19 heavy (non-hydrogen) atoms. The Morgan fingerprint density at radius 2 is 2.32 bits per heavy atom. The number of nitrogens with zero attached hydrogens (tertiary/aromatic N) is 2. The normalized spacial score (nSPS) is 18.1. The fraction of sp³-hybridized carbons (Fsp3) is 0.333. The van der Waals surface area contributed by atoms with Crippen molar-refractivity contribution in [2.75, 3.05) is 6.54 Å². The van der Waals surface area contributed by atoms with E-state index >= 15 is 0 Å². The number of hydrogen-bond donors (Lipinski definition) is 1. The van der Waals surface area contributed by atoms with Crippen LogP contribution in [-0.4, -0.2) is 21.9 Å². The lowest BCUT2D eigenvalue weighted by atomic mass is 9.91. The highest BCUT2D eigenvalue weighted by atomic mass is 16.1. The summed E-state index contributed by atoms with van der Waals surface area (Å²) in [5.74, 6) is 0.593. The van der Waals surface area contributed by atoms with Crippen LogP contribution < -0.4 is 5.32 Å². The van der Waals surface area contributed by atoms with E-state index in [1.54, 1.807) is 6.20 Å². The molecule has 98 valence electrons. The molecule has 0 amide bonds. The number of Topliss-reactive ketones (excluding diaryl/α,β-unsaturated/α-hetero) is 1. The second-order valence-electron chi connectivity index (χ2n) is 4.74. The first-order chi connectivity index (χ1) is 9.31. The maximum atomic E-state index is 12.7. The number of rotatable bonds is 3. The zero-order chi connectivity index (χ0) is 13.2. The van der Waals surface area contributed by atoms with Gasteiger partial charge in [-0.15, -0.1) is 0 Å². The Morgan fingerprint density at radius 1 is 1.47 bits per heavy atom. The first kappa shape index (κ1) is 12.1. The number of ketones is 1. The number of hydrogen-bond acceptors (Lipinski definition) is 3. The van der Waals surface area contributed by atoms with E-state index in [-0.39, 0.29) is 11.8 Å². The number of carbonyl (C=O) groups excluding carboxylic acids is 1. The smallest absolute Gasteiger partial charge is 0.219 e. The Balaban J connectivity index is 1.98. The van der Waals surface area contributed by atoms with Crippen molar-refractivity contribution in [1.82, 2.24) is 14.9 Å². The summed E-state index contributed by atoms with van der Waals surface area (Å²) in [5.41, 5.74) is 2.35. The summed E-state index contributed by atoms with van der Waals surface area (Å²) in [4.78, 5) is 16.9. The fourth-order valence-electron chi connectivity index (χ4n) is 2.66. The van der Waals surface area contributed by atoms with Crippen LogP contribution in [0.15, 0.2) is 36.7 Å². The van der Waals surface area contributed by atoms with Gasteiger partial charge in [-0.25, -0.2) is 4.98 Å². The molecule has 1 N–H and O–H groups in total. The van der Waals surface area contributed by atoms with Gasteiger partial charge >= 0.3 is 0 Å². The number of fused-ring (bicyclic) bond motifs is 1. The van der Waals surface area contributed by atoms with Crippen LogP contribution in [-0.2, 0) is 13.0 Å². The van der Waals surface area contributed by atoms with Crippen molar-refractivity contribution in [3.05, 3.63) is 53.6 Å². The van der Waals surface area contributed by atoms with E-state index in [2.05, 4.69) is 16.4 Å². The van der Waals surface area contributed by atoms with Crippen molar-refractivity contribution >= 4 is 5.78 Å². The van der Waals surface area contributed by atoms with Crippen LogP contribution in [0.5, 0.6) is 0 Å². The molecule has 0 saturated carbocycles. The summed E-state index contributed by atoms with van der Waals surface area (Å²) < 4.78 is 1.89. The first-order valence-electron chi connectivity index (χ1n) is 6.67. The molecular formula is C15H17N3O. The lowest BCUT2D eigenvalue weighted by Gasteiger charge is -2.25. The molecular weight excluding hydrogens is 238 g/mol. The van der Waals surface area contributed by atoms with E-state index in [0.29, 0.717) is 5.82 Å². The minimum Gasteiger partial charge on any atom is -0.329 e. The lowest BCUT2D eigenvalue weighted by Crippen LogP contribution is -2.36. The van der Waals surface area contributed by atoms with E-state index in [4.69, 9.17) is 0 Å². The highest BCUT2D eigenvalue weighted by Gasteiger charge is 2.28. The average molecular weight is 255 g/mol. The van der Waals surface area contributed by atoms with Gasteiger partial charge in [-0.1, -0.05) is 24.3 Å². The maximum Gasteiger partial charge on any atom is 0.219 e. The number of carbonyl (C=O) groups is 1. The van der Waals surface area contributed by atoms with Gasteiger partial charge in [0.1, 0.15) is 6.04 Å². The standard InChI is InChI=1S/C15H17N3O/c1-2-18-10-9-17-15(18)14(19)13-12-6-4-3-5-11(12)7-8-16-13/h3-6,9-10,13,16H,2,7-8H2,1H3. The minimum atomic E-state index is -0.266. The highest BCUT2D eigenvalue weighted by molar-refractivity contribution is 5.98. The summed E-state index contributed by atoms with van der Waals surface area (Å²) in [7, 11) is 0. The third-order valence-corrected chi connectivity index (χ3v) is 3.65. The Hall–Kier alpha value is -1.94. The highest BCUT2D eigenvalue weighted by Crippen LogP contribution is 2.25. The van der Waals surface area contributed by atoms with Crippen LogP contribution in [0.2, 0.25) is 0 Å². The minimum absolute atomic E-state index is 0.0546. The Kier molecular flexibility index (Phi) is 3.17. The number of aryl methyl sites for hydroxylation is 1. The first-order valence-corrected chi connectivity index (χ1v) is 6.67. The van der Waals surface area contributed by atoms with Crippen molar-refractivity contribution in [2.24, 2.45) is 0 Å². The molecule has 0 radical (unpaired) electrons. The Labute approximate surface area is 112 Å². The molecule has 2 heterocycles. The van der Waals surface area contributed by atoms with Crippen LogP contribution >= 0.6 is 0 Å². The number of nitrogens with one attached hydrogen (secondary N) is 1. The molecule has 1 atom stereocenters. The summed E-state index contributed by atoms with van der Waals surface area (Å²) in [5, 5.41) is 3.31.